The Kier molecular flexibility index (Phi) is 10.5. The van der Waals surface area contributed by atoms with Gasteiger partial charge in [-0.2, -0.15) is 5.10 Å². The fourth-order valence-electron chi connectivity index (χ4n) is 3.58. The number of phenols is 1. The first kappa shape index (κ1) is 28.9. The molecule has 10 heteroatoms. The molecule has 0 radical (unpaired) electrons. The molecule has 38 heavy (non-hydrogen) atoms. The van der Waals surface area contributed by atoms with Crippen molar-refractivity contribution in [3.8, 4) is 11.5 Å². The number of hydrazone groups is 1. The van der Waals surface area contributed by atoms with Crippen LogP contribution in [0.25, 0.3) is 6.08 Å². The second-order valence-electron chi connectivity index (χ2n) is 7.98. The maximum absolute atomic E-state index is 13.1. The standard InChI is InChI=1S/C28H28Br2N4O4/c1-4-34(5-2)20-13-11-18(12-14-20)15-23(32-27(36)19-9-7-6-8-10-19)28(37)33-31-17-21-25(30)22(29)16-24(38-3)26(21)35/h6-17,35H,4-5H2,1-3H3,(H,32,36)(H,33,37)/b23-15-,31-17+. The van der Waals surface area contributed by atoms with Crippen molar-refractivity contribution < 1.29 is 19.4 Å². The number of hydrogen-bond donors (Lipinski definition) is 3. The van der Waals surface area contributed by atoms with Gasteiger partial charge in [-0.25, -0.2) is 5.43 Å². The average molecular weight is 644 g/mol. The summed E-state index contributed by atoms with van der Waals surface area (Å²) in [5.41, 5.74) is 4.90. The Morgan fingerprint density at radius 1 is 1.05 bits per heavy atom. The first-order valence-corrected chi connectivity index (χ1v) is 13.4. The maximum atomic E-state index is 13.1. The zero-order valence-corrected chi connectivity index (χ0v) is 24.3. The van der Waals surface area contributed by atoms with Gasteiger partial charge in [-0.05, 0) is 87.7 Å². The molecule has 0 bridgehead atoms. The van der Waals surface area contributed by atoms with E-state index in [9.17, 15) is 14.7 Å². The topological polar surface area (TPSA) is 103 Å². The number of amides is 2. The number of rotatable bonds is 10. The van der Waals surface area contributed by atoms with Gasteiger partial charge in [-0.3, -0.25) is 9.59 Å². The smallest absolute Gasteiger partial charge is 0.287 e. The minimum atomic E-state index is -0.643. The molecule has 0 aromatic heterocycles. The summed E-state index contributed by atoms with van der Waals surface area (Å²) in [6.07, 6.45) is 2.85. The van der Waals surface area contributed by atoms with E-state index < -0.39 is 11.8 Å². The molecule has 0 saturated carbocycles. The summed E-state index contributed by atoms with van der Waals surface area (Å²) in [7, 11) is 1.43. The lowest BCUT2D eigenvalue weighted by Gasteiger charge is -2.21. The number of carbonyl (C=O) groups is 2. The number of hydrogen-bond acceptors (Lipinski definition) is 6. The van der Waals surface area contributed by atoms with Crippen molar-refractivity contribution in [2.45, 2.75) is 13.8 Å². The Bertz CT molecular complexity index is 1340. The van der Waals surface area contributed by atoms with Gasteiger partial charge in [0.15, 0.2) is 11.5 Å². The summed E-state index contributed by atoms with van der Waals surface area (Å²) < 4.78 is 6.32. The molecule has 0 fully saturated rings. The Labute approximate surface area is 238 Å². The van der Waals surface area contributed by atoms with E-state index in [4.69, 9.17) is 4.74 Å². The van der Waals surface area contributed by atoms with Crippen LogP contribution in [0.3, 0.4) is 0 Å². The van der Waals surface area contributed by atoms with Crippen molar-refractivity contribution in [1.29, 1.82) is 0 Å². The van der Waals surface area contributed by atoms with Gasteiger partial charge < -0.3 is 20.1 Å². The van der Waals surface area contributed by atoms with Gasteiger partial charge in [0.05, 0.1) is 18.9 Å². The molecule has 0 aliphatic carbocycles. The number of ether oxygens (including phenoxy) is 1. The van der Waals surface area contributed by atoms with E-state index >= 15 is 0 Å². The molecular weight excluding hydrogens is 616 g/mol. The molecule has 3 rings (SSSR count). The second-order valence-corrected chi connectivity index (χ2v) is 9.63. The van der Waals surface area contributed by atoms with Crippen LogP contribution in [-0.2, 0) is 4.79 Å². The second kappa shape index (κ2) is 13.8. The molecule has 0 atom stereocenters. The molecule has 0 aliphatic heterocycles. The Hall–Kier alpha value is -3.63. The summed E-state index contributed by atoms with van der Waals surface area (Å²) in [5.74, 6) is -0.998. The van der Waals surface area contributed by atoms with Crippen molar-refractivity contribution in [3.05, 3.63) is 92.0 Å². The molecule has 3 aromatic rings. The average Bonchev–Trinajstić information content (AvgIpc) is 2.94. The lowest BCUT2D eigenvalue weighted by molar-refractivity contribution is -0.117. The third kappa shape index (κ3) is 7.23. The van der Waals surface area contributed by atoms with Crippen molar-refractivity contribution in [2.24, 2.45) is 5.10 Å². The van der Waals surface area contributed by atoms with E-state index in [0.29, 0.717) is 20.1 Å². The van der Waals surface area contributed by atoms with Crippen LogP contribution in [0.1, 0.15) is 35.3 Å². The summed E-state index contributed by atoms with van der Waals surface area (Å²) >= 11 is 6.76. The highest BCUT2D eigenvalue weighted by molar-refractivity contribution is 9.13. The highest BCUT2D eigenvalue weighted by Gasteiger charge is 2.16. The normalized spacial score (nSPS) is 11.3. The highest BCUT2D eigenvalue weighted by Crippen LogP contribution is 2.39. The predicted molar refractivity (Wildman–Crippen MR) is 158 cm³/mol. The number of benzene rings is 3. The van der Waals surface area contributed by atoms with Crippen LogP contribution >= 0.6 is 31.9 Å². The predicted octanol–water partition coefficient (Wildman–Crippen LogP) is 5.69. The minimum Gasteiger partial charge on any atom is -0.504 e. The lowest BCUT2D eigenvalue weighted by Crippen LogP contribution is -2.32. The summed E-state index contributed by atoms with van der Waals surface area (Å²) in [6.45, 7) is 5.92. The van der Waals surface area contributed by atoms with E-state index in [0.717, 1.165) is 24.3 Å². The van der Waals surface area contributed by atoms with Crippen molar-refractivity contribution in [1.82, 2.24) is 10.7 Å². The quantitative estimate of drug-likeness (QED) is 0.150. The summed E-state index contributed by atoms with van der Waals surface area (Å²) in [5, 5.41) is 17.1. The molecule has 0 unspecified atom stereocenters. The van der Waals surface area contributed by atoms with Crippen molar-refractivity contribution in [3.63, 3.8) is 0 Å². The number of carbonyl (C=O) groups excluding carboxylic acids is 2. The molecule has 3 aromatic carbocycles. The molecule has 0 spiro atoms. The van der Waals surface area contributed by atoms with Crippen LogP contribution in [0.4, 0.5) is 5.69 Å². The van der Waals surface area contributed by atoms with Crippen LogP contribution in [0.15, 0.2) is 80.4 Å². The van der Waals surface area contributed by atoms with Crippen LogP contribution in [-0.4, -0.2) is 43.3 Å². The van der Waals surface area contributed by atoms with E-state index in [1.807, 2.05) is 24.3 Å². The Morgan fingerprint density at radius 3 is 2.32 bits per heavy atom. The molecular formula is C28H28Br2N4O4. The van der Waals surface area contributed by atoms with E-state index in [1.54, 1.807) is 42.5 Å². The number of anilines is 1. The minimum absolute atomic E-state index is 0.00158. The van der Waals surface area contributed by atoms with Gasteiger partial charge in [0, 0.05) is 33.3 Å². The van der Waals surface area contributed by atoms with Gasteiger partial charge in [-0.1, -0.05) is 30.3 Å². The zero-order valence-electron chi connectivity index (χ0n) is 21.2. The van der Waals surface area contributed by atoms with E-state index in [-0.39, 0.29) is 17.2 Å². The molecule has 0 saturated heterocycles. The van der Waals surface area contributed by atoms with Crippen LogP contribution in [0, 0.1) is 0 Å². The molecule has 0 aliphatic rings. The lowest BCUT2D eigenvalue weighted by atomic mass is 10.1. The molecule has 0 heterocycles. The number of phenolic OH excluding ortho intramolecular Hbond substituents is 1. The zero-order chi connectivity index (χ0) is 27.7. The molecule has 8 nitrogen and oxygen atoms in total. The summed E-state index contributed by atoms with van der Waals surface area (Å²) in [6, 6.07) is 17.9. The number of aromatic hydroxyl groups is 1. The van der Waals surface area contributed by atoms with Crippen LogP contribution in [0.5, 0.6) is 11.5 Å². The first-order valence-electron chi connectivity index (χ1n) is 11.8. The van der Waals surface area contributed by atoms with Gasteiger partial charge in [0.2, 0.25) is 0 Å². The molecule has 198 valence electrons. The SMILES string of the molecule is CCN(CC)c1ccc(/C=C(\NC(=O)c2ccccc2)C(=O)N/N=C/c2c(O)c(OC)cc(Br)c2Br)cc1. The monoisotopic (exact) mass is 642 g/mol. The van der Waals surface area contributed by atoms with E-state index in [1.165, 1.54) is 13.3 Å². The molecule has 3 N–H and O–H groups in total. The van der Waals surface area contributed by atoms with Gasteiger partial charge >= 0.3 is 0 Å². The van der Waals surface area contributed by atoms with Crippen LogP contribution in [0.2, 0.25) is 0 Å². The summed E-state index contributed by atoms with van der Waals surface area (Å²) in [4.78, 5) is 28.1. The fourth-order valence-corrected chi connectivity index (χ4v) is 4.41. The van der Waals surface area contributed by atoms with Crippen molar-refractivity contribution in [2.75, 3.05) is 25.1 Å². The highest BCUT2D eigenvalue weighted by atomic mass is 79.9. The van der Waals surface area contributed by atoms with Gasteiger partial charge in [-0.15, -0.1) is 0 Å². The van der Waals surface area contributed by atoms with Crippen molar-refractivity contribution >= 4 is 61.7 Å². The number of nitrogens with zero attached hydrogens (tertiary/aromatic N) is 2. The van der Waals surface area contributed by atoms with E-state index in [2.05, 4.69) is 66.5 Å². The number of halogens is 2. The maximum Gasteiger partial charge on any atom is 0.287 e. The fraction of sp³-hybridized carbons (Fsp3) is 0.179. The Balaban J connectivity index is 1.88. The largest absolute Gasteiger partial charge is 0.504 e. The Morgan fingerprint density at radius 2 is 1.71 bits per heavy atom. The third-order valence-electron chi connectivity index (χ3n) is 5.63. The number of nitrogens with one attached hydrogen (secondary N) is 2. The number of methoxy groups -OCH3 is 1. The van der Waals surface area contributed by atoms with Crippen LogP contribution < -0.4 is 20.4 Å². The first-order chi connectivity index (χ1) is 18.3. The molecule has 2 amide bonds. The van der Waals surface area contributed by atoms with Gasteiger partial charge in [0.1, 0.15) is 5.70 Å². The third-order valence-corrected chi connectivity index (χ3v) is 7.65. The van der Waals surface area contributed by atoms with Gasteiger partial charge in [0.25, 0.3) is 11.8 Å².